The van der Waals surface area contributed by atoms with Gasteiger partial charge in [0.25, 0.3) is 0 Å². The van der Waals surface area contributed by atoms with Crippen molar-refractivity contribution in [2.75, 3.05) is 20.6 Å². The summed E-state index contributed by atoms with van der Waals surface area (Å²) in [4.78, 5) is 2.57. The second kappa shape index (κ2) is 7.79. The van der Waals surface area contributed by atoms with Gasteiger partial charge in [-0.05, 0) is 58.7 Å². The fourth-order valence-electron chi connectivity index (χ4n) is 4.76. The van der Waals surface area contributed by atoms with E-state index in [0.717, 1.165) is 12.0 Å². The van der Waals surface area contributed by atoms with E-state index in [1.165, 1.54) is 77.2 Å². The summed E-state index contributed by atoms with van der Waals surface area (Å²) >= 11 is 0. The van der Waals surface area contributed by atoms with Crippen molar-refractivity contribution in [3.8, 4) is 0 Å². The van der Waals surface area contributed by atoms with Gasteiger partial charge in [0.05, 0.1) is 0 Å². The fourth-order valence-corrected chi connectivity index (χ4v) is 4.76. The van der Waals surface area contributed by atoms with Crippen LogP contribution in [-0.2, 0) is 0 Å². The minimum absolute atomic E-state index is 0.435. The van der Waals surface area contributed by atoms with Crippen LogP contribution in [0.5, 0.6) is 0 Å². The Morgan fingerprint density at radius 1 is 1.00 bits per heavy atom. The van der Waals surface area contributed by atoms with Crippen LogP contribution in [0.25, 0.3) is 0 Å². The van der Waals surface area contributed by atoms with Crippen LogP contribution in [0.2, 0.25) is 0 Å². The molecule has 0 heterocycles. The fraction of sp³-hybridized carbons (Fsp3) is 1.00. The van der Waals surface area contributed by atoms with Crippen LogP contribution in [0.3, 0.4) is 0 Å². The van der Waals surface area contributed by atoms with Crippen molar-refractivity contribution >= 4 is 0 Å². The molecule has 0 radical (unpaired) electrons. The molecule has 0 bridgehead atoms. The third-order valence-corrected chi connectivity index (χ3v) is 5.92. The molecular weight excluding hydrogens is 244 g/mol. The third kappa shape index (κ3) is 3.57. The lowest BCUT2D eigenvalue weighted by Gasteiger charge is -2.47. The summed E-state index contributed by atoms with van der Waals surface area (Å²) in [5.74, 6) is 0.907. The second-order valence-electron chi connectivity index (χ2n) is 7.39. The van der Waals surface area contributed by atoms with E-state index in [-0.39, 0.29) is 0 Å². The van der Waals surface area contributed by atoms with E-state index in [4.69, 9.17) is 0 Å². The van der Waals surface area contributed by atoms with E-state index in [2.05, 4.69) is 31.2 Å². The van der Waals surface area contributed by atoms with Crippen molar-refractivity contribution in [2.24, 2.45) is 5.92 Å². The van der Waals surface area contributed by atoms with Crippen molar-refractivity contribution in [3.63, 3.8) is 0 Å². The summed E-state index contributed by atoms with van der Waals surface area (Å²) in [6.07, 6.45) is 15.7. The summed E-state index contributed by atoms with van der Waals surface area (Å²) in [6.45, 7) is 3.49. The highest BCUT2D eigenvalue weighted by Crippen LogP contribution is 2.42. The number of likely N-dealkylation sites (N-methyl/N-ethyl adjacent to an activating group) is 1. The lowest BCUT2D eigenvalue weighted by molar-refractivity contribution is 0.0682. The molecule has 2 rings (SSSR count). The smallest absolute Gasteiger partial charge is 0.0359 e. The molecule has 2 nitrogen and oxygen atoms in total. The van der Waals surface area contributed by atoms with Crippen LogP contribution >= 0.6 is 0 Å². The molecule has 0 aromatic heterocycles. The van der Waals surface area contributed by atoms with Gasteiger partial charge in [0.15, 0.2) is 0 Å². The quantitative estimate of drug-likeness (QED) is 0.734. The Kier molecular flexibility index (Phi) is 6.35. The Hall–Kier alpha value is -0.0800. The highest BCUT2D eigenvalue weighted by molar-refractivity contribution is 5.04. The molecule has 0 aromatic rings. The summed E-state index contributed by atoms with van der Waals surface area (Å²) < 4.78 is 0. The van der Waals surface area contributed by atoms with Gasteiger partial charge in [0.2, 0.25) is 0 Å². The number of nitrogens with one attached hydrogen (secondary N) is 1. The maximum Gasteiger partial charge on any atom is 0.0359 e. The zero-order valence-corrected chi connectivity index (χ0v) is 14.1. The lowest BCUT2D eigenvalue weighted by atomic mass is 9.76. The predicted molar refractivity (Wildman–Crippen MR) is 88.2 cm³/mol. The summed E-state index contributed by atoms with van der Waals surface area (Å²) in [6, 6.07) is 0.720. The zero-order valence-electron chi connectivity index (χ0n) is 14.1. The molecular formula is C18H36N2. The SMILES string of the molecule is CCCNC(C1CCCCCC1)C1(N(C)C)CCCC1. The van der Waals surface area contributed by atoms with E-state index in [1.54, 1.807) is 0 Å². The normalized spacial score (nSPS) is 25.8. The summed E-state index contributed by atoms with van der Waals surface area (Å²) in [5, 5.41) is 3.99. The molecule has 1 atom stereocenters. The van der Waals surface area contributed by atoms with Gasteiger partial charge in [-0.25, -0.2) is 0 Å². The predicted octanol–water partition coefficient (Wildman–Crippen LogP) is 4.20. The number of hydrogen-bond acceptors (Lipinski definition) is 2. The van der Waals surface area contributed by atoms with Crippen LogP contribution in [0.1, 0.15) is 77.6 Å². The summed E-state index contributed by atoms with van der Waals surface area (Å²) in [7, 11) is 4.64. The monoisotopic (exact) mass is 280 g/mol. The van der Waals surface area contributed by atoms with Crippen molar-refractivity contribution in [2.45, 2.75) is 89.1 Å². The minimum atomic E-state index is 0.435. The molecule has 0 aliphatic heterocycles. The molecule has 2 saturated carbocycles. The largest absolute Gasteiger partial charge is 0.312 e. The van der Waals surface area contributed by atoms with Gasteiger partial charge in [0.1, 0.15) is 0 Å². The standard InChI is InChI=1S/C18H36N2/c1-4-15-19-17(16-11-7-5-6-8-12-16)18(20(2)3)13-9-10-14-18/h16-17,19H,4-15H2,1-3H3. The average molecular weight is 280 g/mol. The average Bonchev–Trinajstić information content (AvgIpc) is 2.78. The van der Waals surface area contributed by atoms with Gasteiger partial charge in [-0.1, -0.05) is 45.4 Å². The summed E-state index contributed by atoms with van der Waals surface area (Å²) in [5.41, 5.74) is 0.435. The molecule has 0 spiro atoms. The van der Waals surface area contributed by atoms with Crippen LogP contribution in [0.4, 0.5) is 0 Å². The molecule has 20 heavy (non-hydrogen) atoms. The molecule has 1 unspecified atom stereocenters. The third-order valence-electron chi connectivity index (χ3n) is 5.92. The Bertz CT molecular complexity index is 261. The molecule has 2 aliphatic carbocycles. The number of nitrogens with zero attached hydrogens (tertiary/aromatic N) is 1. The molecule has 2 fully saturated rings. The van der Waals surface area contributed by atoms with E-state index in [9.17, 15) is 0 Å². The van der Waals surface area contributed by atoms with Crippen molar-refractivity contribution in [3.05, 3.63) is 0 Å². The topological polar surface area (TPSA) is 15.3 Å². The van der Waals surface area contributed by atoms with Gasteiger partial charge in [-0.3, -0.25) is 0 Å². The maximum atomic E-state index is 3.99. The molecule has 2 heteroatoms. The van der Waals surface area contributed by atoms with Crippen molar-refractivity contribution < 1.29 is 0 Å². The maximum absolute atomic E-state index is 3.99. The van der Waals surface area contributed by atoms with Crippen LogP contribution in [0, 0.1) is 5.92 Å². The van der Waals surface area contributed by atoms with E-state index in [0.29, 0.717) is 5.54 Å². The second-order valence-corrected chi connectivity index (χ2v) is 7.39. The van der Waals surface area contributed by atoms with Crippen LogP contribution in [-0.4, -0.2) is 37.1 Å². The first-order chi connectivity index (χ1) is 9.70. The van der Waals surface area contributed by atoms with Gasteiger partial charge in [0, 0.05) is 11.6 Å². The van der Waals surface area contributed by atoms with Gasteiger partial charge in [-0.15, -0.1) is 0 Å². The Balaban J connectivity index is 2.15. The Morgan fingerprint density at radius 3 is 2.10 bits per heavy atom. The highest BCUT2D eigenvalue weighted by atomic mass is 15.2. The van der Waals surface area contributed by atoms with Crippen LogP contribution < -0.4 is 5.32 Å². The van der Waals surface area contributed by atoms with E-state index >= 15 is 0 Å². The molecule has 0 aromatic carbocycles. The van der Waals surface area contributed by atoms with Crippen molar-refractivity contribution in [1.82, 2.24) is 10.2 Å². The molecule has 1 N–H and O–H groups in total. The molecule has 118 valence electrons. The highest BCUT2D eigenvalue weighted by Gasteiger charge is 2.45. The lowest BCUT2D eigenvalue weighted by Crippen LogP contribution is -2.60. The van der Waals surface area contributed by atoms with E-state index in [1.807, 2.05) is 0 Å². The minimum Gasteiger partial charge on any atom is -0.312 e. The van der Waals surface area contributed by atoms with Crippen molar-refractivity contribution in [1.29, 1.82) is 0 Å². The Morgan fingerprint density at radius 2 is 1.60 bits per heavy atom. The number of rotatable bonds is 6. The van der Waals surface area contributed by atoms with Crippen LogP contribution in [0.15, 0.2) is 0 Å². The van der Waals surface area contributed by atoms with Gasteiger partial charge in [-0.2, -0.15) is 0 Å². The number of hydrogen-bond donors (Lipinski definition) is 1. The zero-order chi connectivity index (χ0) is 14.4. The first kappa shape index (κ1) is 16.3. The molecule has 0 amide bonds. The molecule has 0 saturated heterocycles. The molecule has 2 aliphatic rings. The Labute approximate surface area is 126 Å². The van der Waals surface area contributed by atoms with Gasteiger partial charge >= 0.3 is 0 Å². The first-order valence-corrected chi connectivity index (χ1v) is 9.11. The van der Waals surface area contributed by atoms with Gasteiger partial charge < -0.3 is 10.2 Å². The van der Waals surface area contributed by atoms with E-state index < -0.39 is 0 Å². The first-order valence-electron chi connectivity index (χ1n) is 9.11.